The molecule has 0 N–H and O–H groups in total. The minimum absolute atomic E-state index is 0.0227. The molecule has 3 heteroatoms. The van der Waals surface area contributed by atoms with E-state index < -0.39 is 0 Å². The second-order valence-electron chi connectivity index (χ2n) is 4.43. The summed E-state index contributed by atoms with van der Waals surface area (Å²) in [6.07, 6.45) is 5.47. The molecular formula is C18H18O2S. The van der Waals surface area contributed by atoms with E-state index in [1.54, 1.807) is 30.0 Å². The van der Waals surface area contributed by atoms with Crippen LogP contribution in [0.15, 0.2) is 59.5 Å². The van der Waals surface area contributed by atoms with Gasteiger partial charge in [-0.25, -0.2) is 0 Å². The molecule has 0 aliphatic rings. The first-order valence-electron chi connectivity index (χ1n) is 6.82. The molecule has 0 spiro atoms. The first kappa shape index (κ1) is 15.4. The third-order valence-electron chi connectivity index (χ3n) is 2.97. The van der Waals surface area contributed by atoms with Crippen LogP contribution in [-0.4, -0.2) is 18.6 Å². The number of thioether (sulfide) groups is 1. The Morgan fingerprint density at radius 3 is 2.62 bits per heavy atom. The second kappa shape index (κ2) is 7.70. The number of carbonyl (C=O) groups is 1. The quantitative estimate of drug-likeness (QED) is 0.439. The zero-order valence-electron chi connectivity index (χ0n) is 12.2. The van der Waals surface area contributed by atoms with Crippen LogP contribution in [0.5, 0.6) is 5.75 Å². The van der Waals surface area contributed by atoms with Crippen LogP contribution in [0, 0.1) is 0 Å². The van der Waals surface area contributed by atoms with Gasteiger partial charge in [0.25, 0.3) is 0 Å². The highest BCUT2D eigenvalue weighted by molar-refractivity contribution is 7.98. The average Bonchev–Trinajstić information content (AvgIpc) is 2.53. The lowest BCUT2D eigenvalue weighted by molar-refractivity contribution is 0.104. The fourth-order valence-electron chi connectivity index (χ4n) is 1.89. The molecule has 0 fully saturated rings. The number of rotatable bonds is 6. The molecule has 108 valence electrons. The van der Waals surface area contributed by atoms with Gasteiger partial charge in [0, 0.05) is 10.5 Å². The van der Waals surface area contributed by atoms with Gasteiger partial charge >= 0.3 is 0 Å². The van der Waals surface area contributed by atoms with Gasteiger partial charge in [0.2, 0.25) is 0 Å². The summed E-state index contributed by atoms with van der Waals surface area (Å²) in [7, 11) is 0. The van der Waals surface area contributed by atoms with Crippen LogP contribution < -0.4 is 4.74 Å². The van der Waals surface area contributed by atoms with E-state index in [9.17, 15) is 4.79 Å². The number of ketones is 1. The number of hydrogen-bond donors (Lipinski definition) is 0. The van der Waals surface area contributed by atoms with Gasteiger partial charge in [-0.05, 0) is 49.1 Å². The van der Waals surface area contributed by atoms with Crippen LogP contribution in [0.1, 0.15) is 22.8 Å². The van der Waals surface area contributed by atoms with Crippen molar-refractivity contribution in [1.29, 1.82) is 0 Å². The summed E-state index contributed by atoms with van der Waals surface area (Å²) in [4.78, 5) is 13.4. The van der Waals surface area contributed by atoms with Crippen LogP contribution in [0.2, 0.25) is 0 Å². The van der Waals surface area contributed by atoms with Crippen molar-refractivity contribution in [2.45, 2.75) is 11.8 Å². The van der Waals surface area contributed by atoms with Crippen LogP contribution in [0.4, 0.5) is 0 Å². The highest BCUT2D eigenvalue weighted by Crippen LogP contribution is 2.17. The van der Waals surface area contributed by atoms with E-state index in [1.165, 1.54) is 4.90 Å². The van der Waals surface area contributed by atoms with Gasteiger partial charge in [-0.3, -0.25) is 4.79 Å². The van der Waals surface area contributed by atoms with Crippen LogP contribution >= 0.6 is 11.8 Å². The van der Waals surface area contributed by atoms with Gasteiger partial charge < -0.3 is 4.74 Å². The van der Waals surface area contributed by atoms with Crippen molar-refractivity contribution in [2.24, 2.45) is 0 Å². The molecule has 0 aromatic heterocycles. The standard InChI is InChI=1S/C18H18O2S/c1-3-20-16-6-4-5-15(13-16)18(19)12-9-14-7-10-17(21-2)11-8-14/h4-13H,3H2,1-2H3/b12-9+. The molecule has 0 aliphatic heterocycles. The Morgan fingerprint density at radius 1 is 1.19 bits per heavy atom. The van der Waals surface area contributed by atoms with Gasteiger partial charge in [0.15, 0.2) is 5.78 Å². The Morgan fingerprint density at radius 2 is 1.95 bits per heavy atom. The van der Waals surface area contributed by atoms with E-state index in [1.807, 2.05) is 55.7 Å². The molecule has 0 bridgehead atoms. The topological polar surface area (TPSA) is 26.3 Å². The van der Waals surface area contributed by atoms with Gasteiger partial charge in [0.05, 0.1) is 6.61 Å². The van der Waals surface area contributed by atoms with Crippen molar-refractivity contribution in [1.82, 2.24) is 0 Å². The fraction of sp³-hybridized carbons (Fsp3) is 0.167. The largest absolute Gasteiger partial charge is 0.494 e. The zero-order chi connectivity index (χ0) is 15.1. The maximum Gasteiger partial charge on any atom is 0.185 e. The molecule has 2 aromatic carbocycles. The number of hydrogen-bond acceptors (Lipinski definition) is 3. The van der Waals surface area contributed by atoms with Gasteiger partial charge in [-0.1, -0.05) is 30.3 Å². The number of ether oxygens (including phenoxy) is 1. The number of allylic oxidation sites excluding steroid dienone is 1. The predicted octanol–water partition coefficient (Wildman–Crippen LogP) is 4.70. The van der Waals surface area contributed by atoms with Crippen LogP contribution in [0.25, 0.3) is 6.08 Å². The minimum Gasteiger partial charge on any atom is -0.494 e. The summed E-state index contributed by atoms with van der Waals surface area (Å²) in [6, 6.07) is 15.4. The summed E-state index contributed by atoms with van der Waals surface area (Å²) in [5, 5.41) is 0. The Hall–Kier alpha value is -2.00. The van der Waals surface area contributed by atoms with Crippen LogP contribution in [-0.2, 0) is 0 Å². The SMILES string of the molecule is CCOc1cccc(C(=O)/C=C/c2ccc(SC)cc2)c1. The first-order valence-corrected chi connectivity index (χ1v) is 8.04. The summed E-state index contributed by atoms with van der Waals surface area (Å²) >= 11 is 1.70. The van der Waals surface area contributed by atoms with E-state index in [0.717, 1.165) is 11.3 Å². The monoisotopic (exact) mass is 298 g/mol. The Labute approximate surface area is 129 Å². The molecule has 0 saturated heterocycles. The Bertz CT molecular complexity index is 630. The molecule has 0 atom stereocenters. The molecule has 0 unspecified atom stereocenters. The smallest absolute Gasteiger partial charge is 0.185 e. The van der Waals surface area contributed by atoms with Crippen molar-refractivity contribution >= 4 is 23.6 Å². The lowest BCUT2D eigenvalue weighted by Crippen LogP contribution is -1.96. The lowest BCUT2D eigenvalue weighted by atomic mass is 10.1. The van der Waals surface area contributed by atoms with E-state index in [2.05, 4.69) is 0 Å². The molecule has 0 aliphatic carbocycles. The molecule has 2 rings (SSSR count). The van der Waals surface area contributed by atoms with E-state index in [-0.39, 0.29) is 5.78 Å². The van der Waals surface area contributed by atoms with Crippen molar-refractivity contribution in [2.75, 3.05) is 12.9 Å². The van der Waals surface area contributed by atoms with E-state index in [0.29, 0.717) is 12.2 Å². The van der Waals surface area contributed by atoms with E-state index >= 15 is 0 Å². The molecule has 0 radical (unpaired) electrons. The Kier molecular flexibility index (Phi) is 5.64. The summed E-state index contributed by atoms with van der Waals surface area (Å²) < 4.78 is 5.41. The summed E-state index contributed by atoms with van der Waals surface area (Å²) in [6.45, 7) is 2.52. The first-order chi connectivity index (χ1) is 10.2. The van der Waals surface area contributed by atoms with Crippen LogP contribution in [0.3, 0.4) is 0 Å². The molecule has 0 heterocycles. The van der Waals surface area contributed by atoms with Gasteiger partial charge in [0.1, 0.15) is 5.75 Å². The zero-order valence-corrected chi connectivity index (χ0v) is 13.0. The predicted molar refractivity (Wildman–Crippen MR) is 89.2 cm³/mol. The van der Waals surface area contributed by atoms with Crippen molar-refractivity contribution < 1.29 is 9.53 Å². The normalized spacial score (nSPS) is 10.8. The molecule has 0 saturated carbocycles. The third kappa shape index (κ3) is 4.50. The minimum atomic E-state index is -0.0227. The second-order valence-corrected chi connectivity index (χ2v) is 5.31. The third-order valence-corrected chi connectivity index (χ3v) is 3.72. The lowest BCUT2D eigenvalue weighted by Gasteiger charge is -2.03. The number of carbonyl (C=O) groups excluding carboxylic acids is 1. The molecular weight excluding hydrogens is 280 g/mol. The maximum atomic E-state index is 12.2. The highest BCUT2D eigenvalue weighted by atomic mass is 32.2. The number of benzene rings is 2. The Balaban J connectivity index is 2.09. The van der Waals surface area contributed by atoms with Crippen molar-refractivity contribution in [3.05, 3.63) is 65.7 Å². The van der Waals surface area contributed by atoms with Gasteiger partial charge in [-0.2, -0.15) is 0 Å². The maximum absolute atomic E-state index is 12.2. The molecule has 0 amide bonds. The molecule has 2 nitrogen and oxygen atoms in total. The van der Waals surface area contributed by atoms with Crippen molar-refractivity contribution in [3.63, 3.8) is 0 Å². The average molecular weight is 298 g/mol. The van der Waals surface area contributed by atoms with Crippen molar-refractivity contribution in [3.8, 4) is 5.75 Å². The molecule has 2 aromatic rings. The van der Waals surface area contributed by atoms with Gasteiger partial charge in [-0.15, -0.1) is 11.8 Å². The highest BCUT2D eigenvalue weighted by Gasteiger charge is 2.03. The summed E-state index contributed by atoms with van der Waals surface area (Å²) in [5.41, 5.74) is 1.65. The van der Waals surface area contributed by atoms with E-state index in [4.69, 9.17) is 4.74 Å². The molecule has 21 heavy (non-hydrogen) atoms. The fourth-order valence-corrected chi connectivity index (χ4v) is 2.30. The summed E-state index contributed by atoms with van der Waals surface area (Å²) in [5.74, 6) is 0.701.